The monoisotopic (exact) mass is 871 g/mol. The predicted molar refractivity (Wildman–Crippen MR) is 245 cm³/mol. The molecule has 0 spiro atoms. The molecule has 0 amide bonds. The van der Waals surface area contributed by atoms with E-state index in [0.717, 1.165) is 38.5 Å². The first-order chi connectivity index (χ1) is 29.5. The van der Waals surface area contributed by atoms with Gasteiger partial charge >= 0.3 is 25.7 Å². The number of nitrogens with two attached hydrogens (primary N) is 1. The van der Waals surface area contributed by atoms with Gasteiger partial charge in [0.05, 0.1) is 19.3 Å². The standard InChI is InChI=1S/C48H74NO11P/c1-3-5-7-9-11-12-13-14-15-16-17-18-19-20-21-22-26-30-34-38-46(51)57-40-44(41-58-61(55,56)59-42-45(49)48(53)54)60-47(52)39-35-31-27-24-23-25-29-33-37-43(50)36-32-28-10-8-6-4-2/h5,7,11-12,14-15,17-18,20-21,24-30,32-33,37,43-45,50H,3-4,6,8-10,13,16,19,22-23,31,34-36,38-42,49H2,1-2H3,(H,53,54)(H,55,56)/b7-5-,12-11-,15-14-,18-17-,21-20-,27-24-,29-25-,30-26-,32-28-,37-33+/t43-,44+,45-/m0/s1. The maximum atomic E-state index is 12.6. The van der Waals surface area contributed by atoms with Crippen molar-refractivity contribution in [3.05, 3.63) is 122 Å². The van der Waals surface area contributed by atoms with Gasteiger partial charge < -0.3 is 30.3 Å². The number of rotatable bonds is 38. The number of carboxylic acid groups (broad SMARTS) is 1. The van der Waals surface area contributed by atoms with Gasteiger partial charge in [-0.1, -0.05) is 148 Å². The van der Waals surface area contributed by atoms with Crippen LogP contribution in [0.1, 0.15) is 123 Å². The fraction of sp³-hybridized carbons (Fsp3) is 0.521. The molecular weight excluding hydrogens is 797 g/mol. The minimum absolute atomic E-state index is 0.0295. The average molecular weight is 872 g/mol. The Hall–Kier alpha value is -4.16. The van der Waals surface area contributed by atoms with E-state index < -0.39 is 63.8 Å². The van der Waals surface area contributed by atoms with Crippen molar-refractivity contribution in [1.29, 1.82) is 0 Å². The SMILES string of the molecule is CC/C=C\C/C=C\C/C=C\C/C=C\C/C=C\C/C=C\CCC(=O)OC[C@H](COP(=O)(O)OC[C@H](N)C(=O)O)OC(=O)CCC/C=C\C/C=C\C=C\[C@@H](O)C/C=C\CCCCC. The third kappa shape index (κ3) is 41.0. The van der Waals surface area contributed by atoms with Crippen LogP contribution in [-0.2, 0) is 37.5 Å². The highest BCUT2D eigenvalue weighted by Crippen LogP contribution is 2.43. The molecule has 0 bridgehead atoms. The molecule has 0 aliphatic carbocycles. The van der Waals surface area contributed by atoms with Crippen molar-refractivity contribution in [3.63, 3.8) is 0 Å². The van der Waals surface area contributed by atoms with Crippen molar-refractivity contribution < 1.29 is 52.6 Å². The van der Waals surface area contributed by atoms with E-state index in [4.69, 9.17) is 24.8 Å². The number of esters is 2. The normalized spacial score (nSPS) is 15.4. The van der Waals surface area contributed by atoms with Crippen LogP contribution in [-0.4, -0.2) is 71.1 Å². The third-order valence-electron chi connectivity index (χ3n) is 8.29. The van der Waals surface area contributed by atoms with Crippen molar-refractivity contribution in [1.82, 2.24) is 0 Å². The highest BCUT2D eigenvalue weighted by Gasteiger charge is 2.28. The summed E-state index contributed by atoms with van der Waals surface area (Å²) in [5.74, 6) is -2.63. The van der Waals surface area contributed by atoms with E-state index in [1.54, 1.807) is 6.08 Å². The second-order valence-electron chi connectivity index (χ2n) is 13.9. The van der Waals surface area contributed by atoms with E-state index in [0.29, 0.717) is 38.5 Å². The lowest BCUT2D eigenvalue weighted by Gasteiger charge is -2.20. The molecule has 0 aromatic heterocycles. The lowest BCUT2D eigenvalue weighted by molar-refractivity contribution is -0.161. The first kappa shape index (κ1) is 56.8. The third-order valence-corrected chi connectivity index (χ3v) is 9.24. The molecule has 0 aliphatic rings. The molecule has 0 aromatic carbocycles. The summed E-state index contributed by atoms with van der Waals surface area (Å²) in [7, 11) is -4.77. The van der Waals surface area contributed by atoms with Crippen LogP contribution in [0.3, 0.4) is 0 Å². The van der Waals surface area contributed by atoms with Crippen molar-refractivity contribution in [2.75, 3.05) is 19.8 Å². The first-order valence-electron chi connectivity index (χ1n) is 21.7. The molecule has 12 nitrogen and oxygen atoms in total. The van der Waals surface area contributed by atoms with Crippen molar-refractivity contribution >= 4 is 25.7 Å². The number of phosphoric ester groups is 1. The lowest BCUT2D eigenvalue weighted by Crippen LogP contribution is -2.34. The molecule has 0 saturated carbocycles. The molecule has 0 radical (unpaired) electrons. The zero-order valence-corrected chi connectivity index (χ0v) is 37.4. The Morgan fingerprint density at radius 3 is 1.72 bits per heavy atom. The molecule has 0 fully saturated rings. The van der Waals surface area contributed by atoms with Gasteiger partial charge in [-0.25, -0.2) is 4.57 Å². The van der Waals surface area contributed by atoms with E-state index in [9.17, 15) is 28.9 Å². The minimum Gasteiger partial charge on any atom is -0.480 e. The number of allylic oxidation sites excluding steroid dienone is 18. The van der Waals surface area contributed by atoms with Gasteiger partial charge in [-0.2, -0.15) is 0 Å². The van der Waals surface area contributed by atoms with E-state index in [1.807, 2.05) is 54.7 Å². The molecule has 0 rings (SSSR count). The van der Waals surface area contributed by atoms with Gasteiger partial charge in [0.25, 0.3) is 0 Å². The van der Waals surface area contributed by atoms with E-state index >= 15 is 0 Å². The predicted octanol–water partition coefficient (Wildman–Crippen LogP) is 10.6. The Labute approximate surface area is 365 Å². The number of phosphoric acid groups is 1. The molecule has 0 aromatic rings. The highest BCUT2D eigenvalue weighted by molar-refractivity contribution is 7.47. The second-order valence-corrected chi connectivity index (χ2v) is 15.4. The zero-order chi connectivity index (χ0) is 45.1. The number of carbonyl (C=O) groups excluding carboxylic acids is 2. The summed E-state index contributed by atoms with van der Waals surface area (Å²) < 4.78 is 32.5. The van der Waals surface area contributed by atoms with Crippen LogP contribution < -0.4 is 5.73 Å². The largest absolute Gasteiger partial charge is 0.480 e. The summed E-state index contributed by atoms with van der Waals surface area (Å²) in [5.41, 5.74) is 5.32. The Morgan fingerprint density at radius 2 is 1.13 bits per heavy atom. The Kier molecular flexibility index (Phi) is 38.4. The van der Waals surface area contributed by atoms with Crippen molar-refractivity contribution in [2.45, 2.75) is 141 Å². The van der Waals surface area contributed by atoms with Gasteiger partial charge in [0.1, 0.15) is 12.6 Å². The maximum absolute atomic E-state index is 12.6. The molecule has 4 atom stereocenters. The van der Waals surface area contributed by atoms with Crippen LogP contribution in [0, 0.1) is 0 Å². The molecule has 13 heteroatoms. The number of aliphatic carboxylic acids is 1. The van der Waals surface area contributed by atoms with Gasteiger partial charge in [0, 0.05) is 12.8 Å². The number of aliphatic hydroxyl groups is 1. The highest BCUT2D eigenvalue weighted by atomic mass is 31.2. The lowest BCUT2D eigenvalue weighted by atomic mass is 10.1. The Bertz CT molecular complexity index is 1510. The van der Waals surface area contributed by atoms with Crippen LogP contribution in [0.2, 0.25) is 0 Å². The maximum Gasteiger partial charge on any atom is 0.472 e. The summed E-state index contributed by atoms with van der Waals surface area (Å²) in [6.45, 7) is 2.41. The minimum atomic E-state index is -4.77. The van der Waals surface area contributed by atoms with Gasteiger partial charge in [0.15, 0.2) is 6.10 Å². The van der Waals surface area contributed by atoms with Gasteiger partial charge in [-0.05, 0) is 83.5 Å². The molecule has 0 aliphatic heterocycles. The van der Waals surface area contributed by atoms with Gasteiger partial charge in [0.2, 0.25) is 0 Å². The van der Waals surface area contributed by atoms with Crippen molar-refractivity contribution in [3.8, 4) is 0 Å². The molecule has 5 N–H and O–H groups in total. The topological polar surface area (TPSA) is 192 Å². The number of hydrogen-bond acceptors (Lipinski definition) is 10. The Balaban J connectivity index is 4.67. The number of ether oxygens (including phenoxy) is 2. The van der Waals surface area contributed by atoms with Gasteiger partial charge in [-0.3, -0.25) is 23.4 Å². The van der Waals surface area contributed by atoms with E-state index in [-0.39, 0.29) is 12.8 Å². The quantitative estimate of drug-likeness (QED) is 0.0151. The number of unbranched alkanes of at least 4 members (excludes halogenated alkanes) is 4. The smallest absolute Gasteiger partial charge is 0.472 e. The average Bonchev–Trinajstić information content (AvgIpc) is 3.23. The van der Waals surface area contributed by atoms with Crippen LogP contribution in [0.15, 0.2) is 122 Å². The molecule has 61 heavy (non-hydrogen) atoms. The van der Waals surface area contributed by atoms with E-state index in [2.05, 4.69) is 79.1 Å². The van der Waals surface area contributed by atoms with E-state index in [1.165, 1.54) is 19.3 Å². The molecule has 1 unspecified atom stereocenters. The Morgan fingerprint density at radius 1 is 0.607 bits per heavy atom. The first-order valence-corrected chi connectivity index (χ1v) is 23.2. The molecular formula is C48H74NO11P. The molecule has 0 saturated heterocycles. The number of aliphatic hydroxyl groups excluding tert-OH is 1. The summed E-state index contributed by atoms with van der Waals surface area (Å²) >= 11 is 0. The van der Waals surface area contributed by atoms with Crippen LogP contribution in [0.4, 0.5) is 0 Å². The zero-order valence-electron chi connectivity index (χ0n) is 36.6. The summed E-state index contributed by atoms with van der Waals surface area (Å²) in [6, 6.07) is -1.56. The number of hydrogen-bond donors (Lipinski definition) is 4. The van der Waals surface area contributed by atoms with Crippen LogP contribution in [0.5, 0.6) is 0 Å². The summed E-state index contributed by atoms with van der Waals surface area (Å²) in [6.07, 6.45) is 51.7. The summed E-state index contributed by atoms with van der Waals surface area (Å²) in [4.78, 5) is 45.9. The van der Waals surface area contributed by atoms with Crippen molar-refractivity contribution in [2.24, 2.45) is 5.73 Å². The number of carbonyl (C=O) groups is 3. The molecule has 0 heterocycles. The fourth-order valence-electron chi connectivity index (χ4n) is 4.87. The summed E-state index contributed by atoms with van der Waals surface area (Å²) in [5, 5.41) is 18.9. The fourth-order valence-corrected chi connectivity index (χ4v) is 5.65. The van der Waals surface area contributed by atoms with Gasteiger partial charge in [-0.15, -0.1) is 0 Å². The van der Waals surface area contributed by atoms with Crippen LogP contribution in [0.25, 0.3) is 0 Å². The van der Waals surface area contributed by atoms with Crippen LogP contribution >= 0.6 is 7.82 Å². The molecule has 342 valence electrons. The number of carboxylic acids is 1. The second kappa shape index (κ2) is 41.2.